The van der Waals surface area contributed by atoms with E-state index in [1.807, 2.05) is 13.8 Å². The van der Waals surface area contributed by atoms with Crippen LogP contribution in [0.25, 0.3) is 0 Å². The molecule has 1 atom stereocenters. The van der Waals surface area contributed by atoms with Crippen molar-refractivity contribution in [3.63, 3.8) is 0 Å². The van der Waals surface area contributed by atoms with Crippen LogP contribution in [0.4, 0.5) is 0 Å². The van der Waals surface area contributed by atoms with Crippen molar-refractivity contribution in [2.24, 2.45) is 4.99 Å². The third kappa shape index (κ3) is 5.33. The average Bonchev–Trinajstić information content (AvgIpc) is 2.37. The highest BCUT2D eigenvalue weighted by molar-refractivity contribution is 5.78. The molecular formula is C13H23NO3. The normalized spacial score (nSPS) is 19.5. The molecule has 0 fully saturated rings. The number of methoxy groups -OCH3 is 1. The van der Waals surface area contributed by atoms with Crippen molar-refractivity contribution in [3.05, 3.63) is 12.2 Å². The largest absolute Gasteiger partial charge is 0.484 e. The molecule has 0 bridgehead atoms. The lowest BCUT2D eigenvalue weighted by molar-refractivity contribution is -0.140. The summed E-state index contributed by atoms with van der Waals surface area (Å²) in [5.74, 6) is 0.807. The van der Waals surface area contributed by atoms with Crippen LogP contribution < -0.4 is 0 Å². The summed E-state index contributed by atoms with van der Waals surface area (Å²) < 4.78 is 16.2. The monoisotopic (exact) mass is 241 g/mol. The van der Waals surface area contributed by atoms with Gasteiger partial charge in [-0.15, -0.1) is 0 Å². The molecule has 1 aliphatic heterocycles. The molecule has 0 N–H and O–H groups in total. The molecule has 0 saturated heterocycles. The molecule has 0 aromatic rings. The molecule has 4 nitrogen and oxygen atoms in total. The maximum Gasteiger partial charge on any atom is 0.187 e. The number of dihydropyridines is 1. The van der Waals surface area contributed by atoms with E-state index in [4.69, 9.17) is 14.2 Å². The maximum atomic E-state index is 5.50. The van der Waals surface area contributed by atoms with Crippen LogP contribution in [0, 0.1) is 0 Å². The van der Waals surface area contributed by atoms with Gasteiger partial charge in [-0.3, -0.25) is 0 Å². The first-order valence-electron chi connectivity index (χ1n) is 6.30. The minimum atomic E-state index is -0.110. The predicted octanol–water partition coefficient (Wildman–Crippen LogP) is 2.54. The quantitative estimate of drug-likeness (QED) is 0.508. The van der Waals surface area contributed by atoms with Gasteiger partial charge in [0.25, 0.3) is 0 Å². The maximum absolute atomic E-state index is 5.50. The Morgan fingerprint density at radius 3 is 2.65 bits per heavy atom. The molecule has 0 amide bonds. The molecule has 0 radical (unpaired) electrons. The van der Waals surface area contributed by atoms with Gasteiger partial charge in [-0.25, -0.2) is 4.99 Å². The summed E-state index contributed by atoms with van der Waals surface area (Å²) in [5, 5.41) is 0. The average molecular weight is 241 g/mol. The number of nitrogens with zero attached hydrogens (tertiary/aromatic N) is 1. The lowest BCUT2D eigenvalue weighted by atomic mass is 10.1. The zero-order chi connectivity index (χ0) is 12.5. The number of hydrogen-bond acceptors (Lipinski definition) is 4. The molecule has 0 spiro atoms. The lowest BCUT2D eigenvalue weighted by Gasteiger charge is -2.19. The van der Waals surface area contributed by atoms with Gasteiger partial charge in [-0.05, 0) is 20.3 Å². The Hall–Kier alpha value is -0.870. The van der Waals surface area contributed by atoms with E-state index in [1.54, 1.807) is 7.11 Å². The number of aliphatic imine (C=N–C) groups is 1. The molecule has 1 heterocycles. The van der Waals surface area contributed by atoms with Gasteiger partial charge in [0.05, 0.1) is 13.2 Å². The summed E-state index contributed by atoms with van der Waals surface area (Å²) in [6.45, 7) is 5.32. The second kappa shape index (κ2) is 8.25. The molecule has 0 aliphatic carbocycles. The van der Waals surface area contributed by atoms with E-state index in [0.717, 1.165) is 25.2 Å². The Kier molecular flexibility index (Phi) is 6.89. The van der Waals surface area contributed by atoms with Gasteiger partial charge in [-0.1, -0.05) is 12.2 Å². The highest BCUT2D eigenvalue weighted by atomic mass is 16.7. The molecule has 1 unspecified atom stereocenters. The second-order valence-electron chi connectivity index (χ2n) is 3.84. The molecular weight excluding hydrogens is 218 g/mol. The van der Waals surface area contributed by atoms with Crippen molar-refractivity contribution in [2.45, 2.75) is 45.4 Å². The summed E-state index contributed by atoms with van der Waals surface area (Å²) in [7, 11) is 1.66. The minimum Gasteiger partial charge on any atom is -0.484 e. The molecule has 1 rings (SSSR count). The van der Waals surface area contributed by atoms with E-state index in [0.29, 0.717) is 13.2 Å². The third-order valence-electron chi connectivity index (χ3n) is 2.60. The predicted molar refractivity (Wildman–Crippen MR) is 68.3 cm³/mol. The van der Waals surface area contributed by atoms with Crippen molar-refractivity contribution < 1.29 is 14.2 Å². The molecule has 0 aromatic heterocycles. The SMILES string of the molecule is CCOC(CCC1C=CCC(OC)=N1)OCC. The van der Waals surface area contributed by atoms with E-state index in [-0.39, 0.29) is 12.3 Å². The van der Waals surface area contributed by atoms with Crippen LogP contribution in [0.5, 0.6) is 0 Å². The summed E-state index contributed by atoms with van der Waals surface area (Å²) in [5.41, 5.74) is 0. The molecule has 98 valence electrons. The van der Waals surface area contributed by atoms with Crippen molar-refractivity contribution in [1.29, 1.82) is 0 Å². The van der Waals surface area contributed by atoms with Gasteiger partial charge in [-0.2, -0.15) is 0 Å². The first-order chi connectivity index (χ1) is 8.30. The molecule has 0 saturated carbocycles. The van der Waals surface area contributed by atoms with Crippen LogP contribution in [0.1, 0.15) is 33.1 Å². The van der Waals surface area contributed by atoms with Crippen molar-refractivity contribution >= 4 is 5.90 Å². The fourth-order valence-electron chi connectivity index (χ4n) is 1.80. The lowest BCUT2D eigenvalue weighted by Crippen LogP contribution is -2.20. The minimum absolute atomic E-state index is 0.110. The first-order valence-corrected chi connectivity index (χ1v) is 6.30. The van der Waals surface area contributed by atoms with Gasteiger partial charge < -0.3 is 14.2 Å². The Balaban J connectivity index is 2.34. The van der Waals surface area contributed by atoms with E-state index < -0.39 is 0 Å². The zero-order valence-electron chi connectivity index (χ0n) is 11.0. The Labute approximate surface area is 104 Å². The van der Waals surface area contributed by atoms with Crippen LogP contribution in [0.2, 0.25) is 0 Å². The molecule has 4 heteroatoms. The van der Waals surface area contributed by atoms with Crippen LogP contribution in [-0.4, -0.2) is 38.6 Å². The fourth-order valence-corrected chi connectivity index (χ4v) is 1.80. The molecule has 1 aliphatic rings. The number of hydrogen-bond donors (Lipinski definition) is 0. The topological polar surface area (TPSA) is 40.0 Å². The van der Waals surface area contributed by atoms with Crippen molar-refractivity contribution in [1.82, 2.24) is 0 Å². The summed E-state index contributed by atoms with van der Waals surface area (Å²) in [6.07, 6.45) is 6.70. The van der Waals surface area contributed by atoms with Gasteiger partial charge in [0, 0.05) is 26.1 Å². The third-order valence-corrected chi connectivity index (χ3v) is 2.60. The van der Waals surface area contributed by atoms with Gasteiger partial charge in [0.15, 0.2) is 12.2 Å². The van der Waals surface area contributed by atoms with Crippen LogP contribution >= 0.6 is 0 Å². The smallest absolute Gasteiger partial charge is 0.187 e. The summed E-state index contributed by atoms with van der Waals surface area (Å²) in [6, 6.07) is 0.196. The van der Waals surface area contributed by atoms with E-state index in [2.05, 4.69) is 17.1 Å². The second-order valence-corrected chi connectivity index (χ2v) is 3.84. The van der Waals surface area contributed by atoms with Crippen LogP contribution in [-0.2, 0) is 14.2 Å². The van der Waals surface area contributed by atoms with Crippen molar-refractivity contribution in [2.75, 3.05) is 20.3 Å². The first kappa shape index (κ1) is 14.2. The highest BCUT2D eigenvalue weighted by Crippen LogP contribution is 2.14. The zero-order valence-corrected chi connectivity index (χ0v) is 11.0. The van der Waals surface area contributed by atoms with Gasteiger partial charge >= 0.3 is 0 Å². The highest BCUT2D eigenvalue weighted by Gasteiger charge is 2.14. The van der Waals surface area contributed by atoms with Crippen LogP contribution in [0.3, 0.4) is 0 Å². The summed E-state index contributed by atoms with van der Waals surface area (Å²) >= 11 is 0. The molecule has 17 heavy (non-hydrogen) atoms. The van der Waals surface area contributed by atoms with Crippen molar-refractivity contribution in [3.8, 4) is 0 Å². The summed E-state index contributed by atoms with van der Waals surface area (Å²) in [4.78, 5) is 4.49. The number of rotatable bonds is 7. The Morgan fingerprint density at radius 1 is 1.35 bits per heavy atom. The van der Waals surface area contributed by atoms with Gasteiger partial charge in [0.1, 0.15) is 0 Å². The van der Waals surface area contributed by atoms with E-state index in [1.165, 1.54) is 0 Å². The van der Waals surface area contributed by atoms with E-state index in [9.17, 15) is 0 Å². The number of ether oxygens (including phenoxy) is 3. The molecule has 0 aromatic carbocycles. The fraction of sp³-hybridized carbons (Fsp3) is 0.769. The Bertz CT molecular complexity index is 257. The van der Waals surface area contributed by atoms with E-state index >= 15 is 0 Å². The van der Waals surface area contributed by atoms with Gasteiger partial charge in [0.2, 0.25) is 0 Å². The van der Waals surface area contributed by atoms with Crippen LogP contribution in [0.15, 0.2) is 17.1 Å². The Morgan fingerprint density at radius 2 is 2.06 bits per heavy atom. The standard InChI is InChI=1S/C13H23NO3/c1-4-16-13(17-5-2)10-9-11-7-6-8-12(14-11)15-3/h6-7,11,13H,4-5,8-10H2,1-3H3.